The first-order chi connectivity index (χ1) is 14.4. The van der Waals surface area contributed by atoms with Gasteiger partial charge in [-0.05, 0) is 25.1 Å². The van der Waals surface area contributed by atoms with Gasteiger partial charge in [0.2, 0.25) is 5.91 Å². The second-order valence-electron chi connectivity index (χ2n) is 8.35. The molecule has 2 atom stereocenters. The molecule has 0 radical (unpaired) electrons. The van der Waals surface area contributed by atoms with Gasteiger partial charge in [-0.25, -0.2) is 0 Å². The van der Waals surface area contributed by atoms with E-state index in [1.165, 1.54) is 0 Å². The van der Waals surface area contributed by atoms with Crippen LogP contribution >= 0.6 is 0 Å². The highest BCUT2D eigenvalue weighted by Crippen LogP contribution is 2.44. The molecule has 8 nitrogen and oxygen atoms in total. The summed E-state index contributed by atoms with van der Waals surface area (Å²) in [6, 6.07) is 10.8. The number of likely N-dealkylation sites (tertiary alicyclic amines) is 2. The lowest BCUT2D eigenvalue weighted by molar-refractivity contribution is -0.139. The van der Waals surface area contributed by atoms with Gasteiger partial charge < -0.3 is 14.7 Å². The second kappa shape index (κ2) is 7.59. The molecule has 8 heteroatoms. The molecule has 4 rings (SSSR count). The smallest absolute Gasteiger partial charge is 0.274 e. The summed E-state index contributed by atoms with van der Waals surface area (Å²) in [6.45, 7) is 4.16. The number of amides is 3. The van der Waals surface area contributed by atoms with Gasteiger partial charge >= 0.3 is 0 Å². The first-order valence-corrected chi connectivity index (χ1v) is 10.2. The number of benzene rings is 1. The van der Waals surface area contributed by atoms with E-state index in [0.29, 0.717) is 44.0 Å². The summed E-state index contributed by atoms with van der Waals surface area (Å²) < 4.78 is 1.71. The van der Waals surface area contributed by atoms with E-state index in [1.54, 1.807) is 57.9 Å². The van der Waals surface area contributed by atoms with Crippen LogP contribution in [-0.2, 0) is 11.3 Å². The lowest BCUT2D eigenvalue weighted by Crippen LogP contribution is -2.48. The molecular formula is C22H27N5O3. The zero-order chi connectivity index (χ0) is 21.5. The molecule has 0 N–H and O–H groups in total. The Morgan fingerprint density at radius 2 is 1.67 bits per heavy atom. The largest absolute Gasteiger partial charge is 0.348 e. The maximum Gasteiger partial charge on any atom is 0.274 e. The third kappa shape index (κ3) is 3.26. The van der Waals surface area contributed by atoms with Gasteiger partial charge in [-0.1, -0.05) is 18.2 Å². The minimum Gasteiger partial charge on any atom is -0.348 e. The van der Waals surface area contributed by atoms with E-state index >= 15 is 0 Å². The second-order valence-corrected chi connectivity index (χ2v) is 8.35. The Kier molecular flexibility index (Phi) is 5.09. The van der Waals surface area contributed by atoms with Gasteiger partial charge in [-0.15, -0.1) is 0 Å². The molecule has 0 saturated carbocycles. The molecule has 2 aliphatic heterocycles. The van der Waals surface area contributed by atoms with Gasteiger partial charge in [0.1, 0.15) is 5.69 Å². The third-order valence-corrected chi connectivity index (χ3v) is 6.22. The van der Waals surface area contributed by atoms with Crippen molar-refractivity contribution in [2.75, 3.05) is 40.3 Å². The Hall–Kier alpha value is -3.16. The van der Waals surface area contributed by atoms with Crippen LogP contribution in [-0.4, -0.2) is 82.5 Å². The molecule has 2 fully saturated rings. The Balaban J connectivity index is 1.58. The van der Waals surface area contributed by atoms with Crippen molar-refractivity contribution >= 4 is 17.7 Å². The number of carbonyl (C=O) groups excluding carboxylic acids is 3. The van der Waals surface area contributed by atoms with Gasteiger partial charge in [-0.2, -0.15) is 5.10 Å². The molecule has 1 aromatic heterocycles. The minimum atomic E-state index is -0.781. The van der Waals surface area contributed by atoms with E-state index in [-0.39, 0.29) is 23.6 Å². The molecule has 0 aliphatic carbocycles. The zero-order valence-electron chi connectivity index (χ0n) is 17.6. The fourth-order valence-electron chi connectivity index (χ4n) is 4.70. The fraction of sp³-hybridized carbons (Fsp3) is 0.455. The predicted molar refractivity (Wildman–Crippen MR) is 111 cm³/mol. The van der Waals surface area contributed by atoms with Crippen LogP contribution in [0.3, 0.4) is 0 Å². The number of rotatable bonds is 4. The summed E-state index contributed by atoms with van der Waals surface area (Å²) in [5, 5.41) is 4.32. The maximum atomic E-state index is 13.2. The molecule has 2 saturated heterocycles. The summed E-state index contributed by atoms with van der Waals surface area (Å²) >= 11 is 0. The van der Waals surface area contributed by atoms with E-state index in [2.05, 4.69) is 5.10 Å². The molecule has 1 aromatic carbocycles. The normalized spacial score (nSPS) is 22.8. The van der Waals surface area contributed by atoms with Crippen LogP contribution in [0.25, 0.3) is 0 Å². The maximum absolute atomic E-state index is 13.2. The van der Waals surface area contributed by atoms with Crippen molar-refractivity contribution in [2.24, 2.45) is 11.3 Å². The van der Waals surface area contributed by atoms with Crippen molar-refractivity contribution in [3.63, 3.8) is 0 Å². The van der Waals surface area contributed by atoms with Gasteiger partial charge in [0.15, 0.2) is 0 Å². The van der Waals surface area contributed by atoms with Crippen LogP contribution < -0.4 is 0 Å². The minimum absolute atomic E-state index is 0.0368. The SMILES string of the molecule is CCn1ccc(C(=O)N2C[C@@H]3CN(C(=O)c4ccccc4)C[C@]3(C(=O)N(C)C)C2)n1. The zero-order valence-corrected chi connectivity index (χ0v) is 17.6. The van der Waals surface area contributed by atoms with E-state index in [4.69, 9.17) is 0 Å². The molecule has 158 valence electrons. The lowest BCUT2D eigenvalue weighted by atomic mass is 9.80. The van der Waals surface area contributed by atoms with Crippen LogP contribution in [0.2, 0.25) is 0 Å². The van der Waals surface area contributed by atoms with Crippen LogP contribution in [0.4, 0.5) is 0 Å². The molecule has 3 amide bonds. The summed E-state index contributed by atoms with van der Waals surface area (Å²) in [5.41, 5.74) is 0.223. The predicted octanol–water partition coefficient (Wildman–Crippen LogP) is 1.21. The van der Waals surface area contributed by atoms with E-state index in [1.807, 2.05) is 25.1 Å². The van der Waals surface area contributed by atoms with Crippen LogP contribution in [0.5, 0.6) is 0 Å². The number of fused-ring (bicyclic) bond motifs is 1. The number of carbonyl (C=O) groups is 3. The molecule has 2 aromatic rings. The first-order valence-electron chi connectivity index (χ1n) is 10.2. The van der Waals surface area contributed by atoms with Crippen molar-refractivity contribution in [3.8, 4) is 0 Å². The molecular weight excluding hydrogens is 382 g/mol. The average molecular weight is 409 g/mol. The molecule has 0 bridgehead atoms. The Morgan fingerprint density at radius 1 is 1.03 bits per heavy atom. The van der Waals surface area contributed by atoms with E-state index in [0.717, 1.165) is 0 Å². The Morgan fingerprint density at radius 3 is 2.23 bits per heavy atom. The highest BCUT2D eigenvalue weighted by molar-refractivity contribution is 5.97. The molecule has 3 heterocycles. The Bertz CT molecular complexity index is 970. The van der Waals surface area contributed by atoms with Crippen LogP contribution in [0.15, 0.2) is 42.6 Å². The van der Waals surface area contributed by atoms with Gasteiger partial charge in [0, 0.05) is 64.5 Å². The van der Waals surface area contributed by atoms with Crippen molar-refractivity contribution in [2.45, 2.75) is 13.5 Å². The number of nitrogens with zero attached hydrogens (tertiary/aromatic N) is 5. The van der Waals surface area contributed by atoms with Crippen molar-refractivity contribution in [1.29, 1.82) is 0 Å². The number of aryl methyl sites for hydroxylation is 1. The molecule has 0 unspecified atom stereocenters. The number of hydrogen-bond donors (Lipinski definition) is 0. The molecule has 0 spiro atoms. The fourth-order valence-corrected chi connectivity index (χ4v) is 4.70. The highest BCUT2D eigenvalue weighted by Gasteiger charge is 2.59. The van der Waals surface area contributed by atoms with Crippen LogP contribution in [0, 0.1) is 11.3 Å². The number of hydrogen-bond acceptors (Lipinski definition) is 4. The van der Waals surface area contributed by atoms with Gasteiger partial charge in [-0.3, -0.25) is 19.1 Å². The van der Waals surface area contributed by atoms with Crippen molar-refractivity contribution < 1.29 is 14.4 Å². The van der Waals surface area contributed by atoms with Crippen molar-refractivity contribution in [1.82, 2.24) is 24.5 Å². The summed E-state index contributed by atoms with van der Waals surface area (Å²) in [4.78, 5) is 44.3. The quantitative estimate of drug-likeness (QED) is 0.760. The topological polar surface area (TPSA) is 78.8 Å². The van der Waals surface area contributed by atoms with Crippen molar-refractivity contribution in [3.05, 3.63) is 53.9 Å². The van der Waals surface area contributed by atoms with E-state index < -0.39 is 5.41 Å². The van der Waals surface area contributed by atoms with Crippen LogP contribution in [0.1, 0.15) is 27.8 Å². The highest BCUT2D eigenvalue weighted by atomic mass is 16.2. The monoisotopic (exact) mass is 409 g/mol. The standard InChI is InChI=1S/C22H27N5O3/c1-4-27-11-10-18(23-27)20(29)26-13-17-12-25(19(28)16-8-6-5-7-9-16)14-22(17,15-26)21(30)24(2)3/h5-11,17H,4,12-15H2,1-3H3/t17-,22-/m0/s1. The van der Waals surface area contributed by atoms with Gasteiger partial charge in [0.05, 0.1) is 5.41 Å². The molecule has 2 aliphatic rings. The summed E-state index contributed by atoms with van der Waals surface area (Å²) in [6.07, 6.45) is 1.78. The Labute approximate surface area is 176 Å². The summed E-state index contributed by atoms with van der Waals surface area (Å²) in [5.74, 6) is -0.374. The number of aromatic nitrogens is 2. The molecule has 30 heavy (non-hydrogen) atoms. The summed E-state index contributed by atoms with van der Waals surface area (Å²) in [7, 11) is 3.45. The first kappa shape index (κ1) is 20.1. The third-order valence-electron chi connectivity index (χ3n) is 6.22. The van der Waals surface area contributed by atoms with E-state index in [9.17, 15) is 14.4 Å². The lowest BCUT2D eigenvalue weighted by Gasteiger charge is -2.30. The van der Waals surface area contributed by atoms with Gasteiger partial charge in [0.25, 0.3) is 11.8 Å². The average Bonchev–Trinajstić information content (AvgIpc) is 3.45.